The Morgan fingerprint density at radius 3 is 2.68 bits per heavy atom. The number of halogens is 1. The summed E-state index contributed by atoms with van der Waals surface area (Å²) in [6, 6.07) is 14.9. The minimum Gasteiger partial charge on any atom is -0.341 e. The maximum absolute atomic E-state index is 12.6. The first kappa shape index (κ1) is 20.1. The maximum atomic E-state index is 12.6. The van der Waals surface area contributed by atoms with Gasteiger partial charge in [-0.2, -0.15) is 0 Å². The van der Waals surface area contributed by atoms with Gasteiger partial charge in [0.15, 0.2) is 5.16 Å². The summed E-state index contributed by atoms with van der Waals surface area (Å²) < 4.78 is 3.66. The zero-order valence-electron chi connectivity index (χ0n) is 17.0. The molecule has 5 rings (SSSR count). The van der Waals surface area contributed by atoms with Crippen LogP contribution in [0.4, 0.5) is 5.95 Å². The Balaban J connectivity index is 1.50. The van der Waals surface area contributed by atoms with E-state index in [0.29, 0.717) is 22.1 Å². The molecule has 0 atom stereocenters. The lowest BCUT2D eigenvalue weighted by atomic mass is 10.3. The van der Waals surface area contributed by atoms with Crippen LogP contribution in [-0.2, 0) is 5.75 Å². The number of benzene rings is 1. The normalized spacial score (nSPS) is 13.9. The van der Waals surface area contributed by atoms with Crippen molar-refractivity contribution >= 4 is 35.0 Å². The van der Waals surface area contributed by atoms with E-state index in [0.717, 1.165) is 48.4 Å². The average molecular weight is 453 g/mol. The fourth-order valence-electron chi connectivity index (χ4n) is 3.89. The molecule has 1 saturated heterocycles. The van der Waals surface area contributed by atoms with Gasteiger partial charge in [0.1, 0.15) is 5.65 Å². The molecular formula is C22H21ClN6OS. The second kappa shape index (κ2) is 8.36. The summed E-state index contributed by atoms with van der Waals surface area (Å²) in [4.78, 5) is 19.5. The Morgan fingerprint density at radius 1 is 1.06 bits per heavy atom. The van der Waals surface area contributed by atoms with Crippen molar-refractivity contribution < 1.29 is 0 Å². The van der Waals surface area contributed by atoms with Crippen molar-refractivity contribution in [1.82, 2.24) is 24.1 Å². The first-order valence-electron chi connectivity index (χ1n) is 10.2. The number of thioether (sulfide) groups is 1. The van der Waals surface area contributed by atoms with E-state index < -0.39 is 0 Å². The van der Waals surface area contributed by atoms with Gasteiger partial charge in [-0.25, -0.2) is 4.98 Å². The molecule has 1 aromatic carbocycles. The second-order valence-corrected chi connectivity index (χ2v) is 8.91. The average Bonchev–Trinajstić information content (AvgIpc) is 3.42. The van der Waals surface area contributed by atoms with Gasteiger partial charge < -0.3 is 4.90 Å². The number of hydrogen-bond acceptors (Lipinski definition) is 6. The van der Waals surface area contributed by atoms with Gasteiger partial charge in [-0.1, -0.05) is 35.5 Å². The number of fused-ring (bicyclic) bond motifs is 1. The molecule has 4 heterocycles. The summed E-state index contributed by atoms with van der Waals surface area (Å²) in [6.45, 7) is 3.83. The monoisotopic (exact) mass is 452 g/mol. The van der Waals surface area contributed by atoms with Crippen molar-refractivity contribution in [1.29, 1.82) is 0 Å². The molecule has 0 aliphatic carbocycles. The van der Waals surface area contributed by atoms with Gasteiger partial charge in [-0.3, -0.25) is 13.8 Å². The summed E-state index contributed by atoms with van der Waals surface area (Å²) in [5.74, 6) is 1.34. The highest BCUT2D eigenvalue weighted by molar-refractivity contribution is 7.98. The van der Waals surface area contributed by atoms with Crippen LogP contribution in [0.15, 0.2) is 58.5 Å². The summed E-state index contributed by atoms with van der Waals surface area (Å²) in [6.07, 6.45) is 2.30. The molecule has 1 aliphatic rings. The van der Waals surface area contributed by atoms with Crippen LogP contribution in [0.3, 0.4) is 0 Å². The number of hydrogen-bond donors (Lipinski definition) is 0. The number of anilines is 1. The number of rotatable bonds is 5. The molecule has 1 aliphatic heterocycles. The standard InChI is InChI=1S/C22H21ClN6OS/c1-15-6-4-9-19-24-17(13-20(30)28(15)19)14-31-22-26-25-21(27-10-2-3-11-27)29(22)18-8-5-7-16(23)12-18/h4-9,12-13H,2-3,10-11,14H2,1H3. The minimum atomic E-state index is -0.0761. The van der Waals surface area contributed by atoms with Crippen molar-refractivity contribution in [2.45, 2.75) is 30.7 Å². The molecule has 31 heavy (non-hydrogen) atoms. The van der Waals surface area contributed by atoms with Gasteiger partial charge in [0, 0.05) is 35.6 Å². The Morgan fingerprint density at radius 2 is 1.87 bits per heavy atom. The maximum Gasteiger partial charge on any atom is 0.258 e. The number of aryl methyl sites for hydroxylation is 1. The van der Waals surface area contributed by atoms with Gasteiger partial charge in [0.25, 0.3) is 5.56 Å². The van der Waals surface area contributed by atoms with Gasteiger partial charge in [-0.15, -0.1) is 10.2 Å². The van der Waals surface area contributed by atoms with Crippen LogP contribution in [0, 0.1) is 6.92 Å². The van der Waals surface area contributed by atoms with E-state index in [2.05, 4.69) is 20.1 Å². The largest absolute Gasteiger partial charge is 0.341 e. The molecule has 158 valence electrons. The van der Waals surface area contributed by atoms with E-state index in [-0.39, 0.29) is 5.56 Å². The van der Waals surface area contributed by atoms with Crippen molar-refractivity contribution in [3.63, 3.8) is 0 Å². The molecular weight excluding hydrogens is 432 g/mol. The Hall–Kier alpha value is -2.84. The summed E-state index contributed by atoms with van der Waals surface area (Å²) in [7, 11) is 0. The predicted octanol–water partition coefficient (Wildman–Crippen LogP) is 4.13. The summed E-state index contributed by atoms with van der Waals surface area (Å²) in [5, 5.41) is 10.4. The summed E-state index contributed by atoms with van der Waals surface area (Å²) in [5.41, 5.74) is 3.07. The third-order valence-electron chi connectivity index (χ3n) is 5.35. The lowest BCUT2D eigenvalue weighted by molar-refractivity contribution is 0.841. The molecule has 0 bridgehead atoms. The SMILES string of the molecule is Cc1cccc2nc(CSc3nnc(N4CCCC4)n3-c3cccc(Cl)c3)cc(=O)n12. The molecule has 1 fully saturated rings. The highest BCUT2D eigenvalue weighted by Gasteiger charge is 2.22. The topological polar surface area (TPSA) is 68.3 Å². The van der Waals surface area contributed by atoms with Crippen LogP contribution in [0.1, 0.15) is 24.2 Å². The first-order valence-corrected chi connectivity index (χ1v) is 11.5. The van der Waals surface area contributed by atoms with E-state index in [9.17, 15) is 4.79 Å². The number of pyridine rings is 1. The van der Waals surface area contributed by atoms with E-state index in [1.807, 2.05) is 54.0 Å². The van der Waals surface area contributed by atoms with E-state index in [1.165, 1.54) is 11.8 Å². The smallest absolute Gasteiger partial charge is 0.258 e. The van der Waals surface area contributed by atoms with Crippen molar-refractivity contribution in [2.75, 3.05) is 18.0 Å². The Labute approximate surface area is 188 Å². The fourth-order valence-corrected chi connectivity index (χ4v) is 4.92. The third kappa shape index (κ3) is 3.93. The molecule has 0 amide bonds. The molecule has 3 aromatic heterocycles. The van der Waals surface area contributed by atoms with Crippen molar-refractivity contribution in [3.05, 3.63) is 75.3 Å². The molecule has 9 heteroatoms. The molecule has 4 aromatic rings. The van der Waals surface area contributed by atoms with Gasteiger partial charge in [0.05, 0.1) is 11.4 Å². The first-order chi connectivity index (χ1) is 15.1. The van der Waals surface area contributed by atoms with Crippen LogP contribution in [-0.4, -0.2) is 37.2 Å². The minimum absolute atomic E-state index is 0.0761. The lowest BCUT2D eigenvalue weighted by Crippen LogP contribution is -2.22. The van der Waals surface area contributed by atoms with E-state index >= 15 is 0 Å². The zero-order valence-corrected chi connectivity index (χ0v) is 18.6. The Kier molecular flexibility index (Phi) is 5.41. The molecule has 0 unspecified atom stereocenters. The van der Waals surface area contributed by atoms with E-state index in [4.69, 9.17) is 11.6 Å². The van der Waals surface area contributed by atoms with Gasteiger partial charge in [-0.05, 0) is 50.1 Å². The van der Waals surface area contributed by atoms with Crippen molar-refractivity contribution in [3.8, 4) is 5.69 Å². The van der Waals surface area contributed by atoms with Crippen LogP contribution >= 0.6 is 23.4 Å². The van der Waals surface area contributed by atoms with E-state index in [1.54, 1.807) is 10.5 Å². The molecule has 0 radical (unpaired) electrons. The van der Waals surface area contributed by atoms with Gasteiger partial charge >= 0.3 is 0 Å². The molecule has 0 N–H and O–H groups in total. The Bertz CT molecular complexity index is 1310. The quantitative estimate of drug-likeness (QED) is 0.424. The number of nitrogens with zero attached hydrogens (tertiary/aromatic N) is 6. The number of aromatic nitrogens is 5. The second-order valence-electron chi connectivity index (χ2n) is 7.53. The van der Waals surface area contributed by atoms with Crippen LogP contribution in [0.25, 0.3) is 11.3 Å². The molecule has 0 saturated carbocycles. The van der Waals surface area contributed by atoms with Gasteiger partial charge in [0.2, 0.25) is 5.95 Å². The fraction of sp³-hybridized carbons (Fsp3) is 0.273. The third-order valence-corrected chi connectivity index (χ3v) is 6.55. The van der Waals surface area contributed by atoms with Crippen LogP contribution < -0.4 is 10.5 Å². The highest BCUT2D eigenvalue weighted by atomic mass is 35.5. The van der Waals surface area contributed by atoms with Crippen molar-refractivity contribution in [2.24, 2.45) is 0 Å². The molecule has 0 spiro atoms. The lowest BCUT2D eigenvalue weighted by Gasteiger charge is -2.18. The predicted molar refractivity (Wildman–Crippen MR) is 124 cm³/mol. The highest BCUT2D eigenvalue weighted by Crippen LogP contribution is 2.30. The molecule has 7 nitrogen and oxygen atoms in total. The van der Waals surface area contributed by atoms with Crippen LogP contribution in [0.5, 0.6) is 0 Å². The summed E-state index contributed by atoms with van der Waals surface area (Å²) >= 11 is 7.77. The zero-order chi connectivity index (χ0) is 21.4. The van der Waals surface area contributed by atoms with Crippen LogP contribution in [0.2, 0.25) is 5.02 Å².